The highest BCUT2D eigenvalue weighted by Gasteiger charge is 2.26. The molecule has 0 bridgehead atoms. The number of carbonyl (C=O) groups excluding carboxylic acids is 1. The minimum Gasteiger partial charge on any atom is -0.478 e. The third-order valence-electron chi connectivity index (χ3n) is 3.04. The summed E-state index contributed by atoms with van der Waals surface area (Å²) in [5.41, 5.74) is 1.92. The molecule has 0 spiro atoms. The monoisotopic (exact) mass is 222 g/mol. The van der Waals surface area contributed by atoms with E-state index in [9.17, 15) is 9.59 Å². The van der Waals surface area contributed by atoms with Gasteiger partial charge in [0.25, 0.3) is 0 Å². The third-order valence-corrected chi connectivity index (χ3v) is 3.04. The molecular weight excluding hydrogens is 208 g/mol. The van der Waals surface area contributed by atoms with Crippen LogP contribution >= 0.6 is 0 Å². The highest BCUT2D eigenvalue weighted by atomic mass is 16.4. The van der Waals surface area contributed by atoms with Crippen molar-refractivity contribution in [2.45, 2.75) is 26.3 Å². The summed E-state index contributed by atoms with van der Waals surface area (Å²) in [5, 5.41) is 11.8. The van der Waals surface area contributed by atoms with Crippen LogP contribution in [0.3, 0.4) is 0 Å². The van der Waals surface area contributed by atoms with Crippen LogP contribution in [0.15, 0.2) is 6.07 Å². The Labute approximate surface area is 93.1 Å². The zero-order chi connectivity index (χ0) is 11.9. The highest BCUT2D eigenvalue weighted by Crippen LogP contribution is 2.24. The maximum atomic E-state index is 11.1. The number of carboxylic acids is 1. The number of nitrogens with one attached hydrogen (secondary N) is 1. The van der Waals surface area contributed by atoms with Crippen LogP contribution in [0.1, 0.15) is 34.2 Å². The number of nitrogens with zero attached hydrogens (tertiary/aromatic N) is 1. The molecule has 1 aliphatic rings. The lowest BCUT2D eigenvalue weighted by molar-refractivity contribution is -0.119. The molecule has 1 fully saturated rings. The summed E-state index contributed by atoms with van der Waals surface area (Å²) in [5.74, 6) is -0.897. The van der Waals surface area contributed by atoms with Crippen LogP contribution in [0.25, 0.3) is 0 Å². The normalized spacial score (nSPS) is 19.9. The smallest absolute Gasteiger partial charge is 0.337 e. The molecule has 16 heavy (non-hydrogen) atoms. The van der Waals surface area contributed by atoms with Gasteiger partial charge in [-0.05, 0) is 19.9 Å². The second-order valence-corrected chi connectivity index (χ2v) is 4.12. The van der Waals surface area contributed by atoms with Gasteiger partial charge >= 0.3 is 5.97 Å². The van der Waals surface area contributed by atoms with Crippen molar-refractivity contribution in [2.75, 3.05) is 6.54 Å². The maximum Gasteiger partial charge on any atom is 0.337 e. The van der Waals surface area contributed by atoms with Gasteiger partial charge < -0.3 is 15.0 Å². The average molecular weight is 222 g/mol. The second kappa shape index (κ2) is 3.66. The number of hydrogen-bond acceptors (Lipinski definition) is 2. The Kier molecular flexibility index (Phi) is 2.46. The van der Waals surface area contributed by atoms with Gasteiger partial charge in [-0.2, -0.15) is 0 Å². The molecule has 5 nitrogen and oxygen atoms in total. The number of aryl methyl sites for hydroxylation is 1. The molecule has 0 aliphatic carbocycles. The van der Waals surface area contributed by atoms with Crippen molar-refractivity contribution in [3.05, 3.63) is 23.0 Å². The molecule has 0 saturated carbocycles. The summed E-state index contributed by atoms with van der Waals surface area (Å²) in [6.07, 6.45) is 0.426. The molecule has 0 radical (unpaired) electrons. The van der Waals surface area contributed by atoms with Crippen molar-refractivity contribution in [1.29, 1.82) is 0 Å². The Morgan fingerprint density at radius 3 is 2.69 bits per heavy atom. The number of hydrogen-bond donors (Lipinski definition) is 2. The Morgan fingerprint density at radius 2 is 2.25 bits per heavy atom. The molecule has 1 aromatic rings. The van der Waals surface area contributed by atoms with E-state index in [1.807, 2.05) is 11.5 Å². The Balaban J connectivity index is 2.41. The van der Waals surface area contributed by atoms with Crippen molar-refractivity contribution in [3.63, 3.8) is 0 Å². The summed E-state index contributed by atoms with van der Waals surface area (Å²) in [6.45, 7) is 4.22. The van der Waals surface area contributed by atoms with Gasteiger partial charge in [0.2, 0.25) is 5.91 Å². The van der Waals surface area contributed by atoms with Crippen LogP contribution in [-0.4, -0.2) is 28.1 Å². The minimum atomic E-state index is -0.920. The predicted molar refractivity (Wildman–Crippen MR) is 57.5 cm³/mol. The summed E-state index contributed by atoms with van der Waals surface area (Å²) in [4.78, 5) is 22.1. The van der Waals surface area contributed by atoms with Crippen LogP contribution in [0.5, 0.6) is 0 Å². The first-order valence-electron chi connectivity index (χ1n) is 5.19. The minimum absolute atomic E-state index is 0.0226. The van der Waals surface area contributed by atoms with E-state index in [0.717, 1.165) is 5.69 Å². The standard InChI is InChI=1S/C11H14N2O3/c1-6-3-9(11(15)16)7(2)13(6)8-4-10(14)12-5-8/h3,8H,4-5H2,1-2H3,(H,12,14)(H,15,16). The van der Waals surface area contributed by atoms with Crippen molar-refractivity contribution in [3.8, 4) is 0 Å². The molecule has 1 unspecified atom stereocenters. The summed E-state index contributed by atoms with van der Waals surface area (Å²) in [6, 6.07) is 1.70. The van der Waals surface area contributed by atoms with Gasteiger partial charge in [-0.15, -0.1) is 0 Å². The lowest BCUT2D eigenvalue weighted by Crippen LogP contribution is -2.17. The topological polar surface area (TPSA) is 71.3 Å². The van der Waals surface area contributed by atoms with E-state index in [1.165, 1.54) is 0 Å². The van der Waals surface area contributed by atoms with E-state index >= 15 is 0 Å². The van der Waals surface area contributed by atoms with Gasteiger partial charge in [-0.3, -0.25) is 4.79 Å². The first-order valence-corrected chi connectivity index (χ1v) is 5.19. The van der Waals surface area contributed by atoms with Crippen molar-refractivity contribution in [1.82, 2.24) is 9.88 Å². The zero-order valence-corrected chi connectivity index (χ0v) is 9.28. The molecule has 5 heteroatoms. The Morgan fingerprint density at radius 1 is 1.56 bits per heavy atom. The number of rotatable bonds is 2. The molecule has 1 saturated heterocycles. The molecule has 1 atom stereocenters. The molecule has 86 valence electrons. The van der Waals surface area contributed by atoms with Crippen LogP contribution < -0.4 is 5.32 Å². The van der Waals surface area contributed by atoms with E-state index in [0.29, 0.717) is 24.2 Å². The quantitative estimate of drug-likeness (QED) is 0.779. The first-order chi connectivity index (χ1) is 7.50. The molecule has 2 rings (SSSR count). The van der Waals surface area contributed by atoms with Gasteiger partial charge in [0, 0.05) is 24.4 Å². The van der Waals surface area contributed by atoms with E-state index in [2.05, 4.69) is 5.32 Å². The summed E-state index contributed by atoms with van der Waals surface area (Å²) >= 11 is 0. The zero-order valence-electron chi connectivity index (χ0n) is 9.28. The number of carboxylic acid groups (broad SMARTS) is 1. The number of aromatic nitrogens is 1. The van der Waals surface area contributed by atoms with Crippen molar-refractivity contribution in [2.24, 2.45) is 0 Å². The molecule has 2 N–H and O–H groups in total. The van der Waals surface area contributed by atoms with E-state index in [1.54, 1.807) is 13.0 Å². The van der Waals surface area contributed by atoms with Gasteiger partial charge in [0.05, 0.1) is 11.6 Å². The van der Waals surface area contributed by atoms with E-state index in [-0.39, 0.29) is 11.9 Å². The molecule has 1 aromatic heterocycles. The molecule has 0 aromatic carbocycles. The van der Waals surface area contributed by atoms with E-state index < -0.39 is 5.97 Å². The van der Waals surface area contributed by atoms with Gasteiger partial charge in [0.15, 0.2) is 0 Å². The Hall–Kier alpha value is -1.78. The predicted octanol–water partition coefficient (Wildman–Crippen LogP) is 0.864. The van der Waals surface area contributed by atoms with E-state index in [4.69, 9.17) is 5.11 Å². The average Bonchev–Trinajstić information content (AvgIpc) is 2.71. The largest absolute Gasteiger partial charge is 0.478 e. The SMILES string of the molecule is Cc1cc(C(=O)O)c(C)n1C1CNC(=O)C1. The first kappa shape index (κ1) is 10.7. The van der Waals surface area contributed by atoms with Crippen LogP contribution in [0.4, 0.5) is 0 Å². The lowest BCUT2D eigenvalue weighted by Gasteiger charge is -2.15. The van der Waals surface area contributed by atoms with Gasteiger partial charge in [-0.25, -0.2) is 4.79 Å². The fraction of sp³-hybridized carbons (Fsp3) is 0.455. The molecule has 1 amide bonds. The van der Waals surface area contributed by atoms with Crippen molar-refractivity contribution >= 4 is 11.9 Å². The fourth-order valence-corrected chi connectivity index (χ4v) is 2.33. The number of aromatic carboxylic acids is 1. The molecule has 1 aliphatic heterocycles. The van der Waals surface area contributed by atoms with Crippen LogP contribution in [-0.2, 0) is 4.79 Å². The fourth-order valence-electron chi connectivity index (χ4n) is 2.33. The van der Waals surface area contributed by atoms with Gasteiger partial charge in [-0.1, -0.05) is 0 Å². The molecule has 2 heterocycles. The Bertz CT molecular complexity index is 462. The molecular formula is C11H14N2O3. The van der Waals surface area contributed by atoms with Crippen LogP contribution in [0, 0.1) is 13.8 Å². The number of carbonyl (C=O) groups is 2. The third kappa shape index (κ3) is 1.58. The number of amides is 1. The van der Waals surface area contributed by atoms with Gasteiger partial charge in [0.1, 0.15) is 0 Å². The maximum absolute atomic E-state index is 11.1. The summed E-state index contributed by atoms with van der Waals surface area (Å²) < 4.78 is 1.93. The summed E-state index contributed by atoms with van der Waals surface area (Å²) in [7, 11) is 0. The van der Waals surface area contributed by atoms with Crippen molar-refractivity contribution < 1.29 is 14.7 Å². The second-order valence-electron chi connectivity index (χ2n) is 4.12. The highest BCUT2D eigenvalue weighted by molar-refractivity contribution is 5.89. The lowest BCUT2D eigenvalue weighted by atomic mass is 10.2. The van der Waals surface area contributed by atoms with Crippen LogP contribution in [0.2, 0.25) is 0 Å².